The summed E-state index contributed by atoms with van der Waals surface area (Å²) in [6.45, 7) is 3.35. The summed E-state index contributed by atoms with van der Waals surface area (Å²) in [5.74, 6) is 0. The third kappa shape index (κ3) is 4.55. The molecular formula is C26H29BN2SiY-. The standard InChI is InChI=1S/C26H29N2Si.B.Y/c1-20-11-12-22(21-9-5-3-6-10-21)19-24(20)26-23-13-15-27-29(17-7-4-8-18-29)25(23)14-16-28(26)2;;/h3,5-6,9,11-12,14,16,27H,4,7-8,13,15,17-18H2,1-2H3;;/q-1;;. The maximum Gasteiger partial charge on any atom is 0.161 e. The molecule has 3 aromatic rings. The molecule has 1 aromatic heterocycles. The van der Waals surface area contributed by atoms with Crippen LogP contribution in [0.2, 0.25) is 12.1 Å². The van der Waals surface area contributed by atoms with Gasteiger partial charge in [0.1, 0.15) is 7.05 Å². The summed E-state index contributed by atoms with van der Waals surface area (Å²) in [4.78, 5) is 4.06. The molecule has 1 fully saturated rings. The number of benzene rings is 2. The normalized spacial score (nSPS) is 16.7. The molecule has 0 bridgehead atoms. The van der Waals surface area contributed by atoms with Gasteiger partial charge < -0.3 is 4.98 Å². The number of rotatable bonds is 2. The number of nitrogens with zero attached hydrogens (tertiary/aromatic N) is 1. The molecule has 5 rings (SSSR count). The predicted octanol–water partition coefficient (Wildman–Crippen LogP) is 3.85. The average molecular weight is 497 g/mol. The largest absolute Gasteiger partial charge is 0.333 e. The van der Waals surface area contributed by atoms with Crippen LogP contribution in [0.25, 0.3) is 22.4 Å². The molecule has 5 heteroatoms. The molecule has 0 unspecified atom stereocenters. The summed E-state index contributed by atoms with van der Waals surface area (Å²) in [7, 11) is 0.640. The van der Waals surface area contributed by atoms with E-state index >= 15 is 0 Å². The molecule has 4 radical (unpaired) electrons. The molecule has 31 heavy (non-hydrogen) atoms. The average Bonchev–Trinajstić information content (AvgIpc) is 2.76. The Morgan fingerprint density at radius 3 is 2.55 bits per heavy atom. The smallest absolute Gasteiger partial charge is 0.161 e. The number of hydrogen-bond acceptors (Lipinski definition) is 1. The van der Waals surface area contributed by atoms with Gasteiger partial charge in [0.05, 0.1) is 0 Å². The van der Waals surface area contributed by atoms with Gasteiger partial charge in [-0.2, -0.15) is 42.0 Å². The van der Waals surface area contributed by atoms with E-state index in [0.29, 0.717) is 0 Å². The van der Waals surface area contributed by atoms with Crippen LogP contribution in [-0.2, 0) is 46.2 Å². The van der Waals surface area contributed by atoms with Crippen LogP contribution < -0.4 is 14.7 Å². The first-order valence-electron chi connectivity index (χ1n) is 11.0. The number of aromatic nitrogens is 1. The number of aryl methyl sites for hydroxylation is 2. The van der Waals surface area contributed by atoms with Crippen molar-refractivity contribution in [3.05, 3.63) is 71.9 Å². The number of fused-ring (bicyclic) bond motifs is 2. The van der Waals surface area contributed by atoms with E-state index in [2.05, 4.69) is 72.2 Å². The van der Waals surface area contributed by atoms with Crippen LogP contribution in [-0.4, -0.2) is 23.2 Å². The second-order valence-electron chi connectivity index (χ2n) is 8.69. The predicted molar refractivity (Wildman–Crippen MR) is 127 cm³/mol. The Hall–Kier alpha value is -1.06. The summed E-state index contributed by atoms with van der Waals surface area (Å²) in [6, 6.07) is 25.0. The topological polar surface area (TPSA) is 15.9 Å². The molecule has 154 valence electrons. The maximum absolute atomic E-state index is 4.06. The molecule has 2 aliphatic rings. The van der Waals surface area contributed by atoms with Crippen molar-refractivity contribution in [2.24, 2.45) is 7.05 Å². The van der Waals surface area contributed by atoms with E-state index in [0.717, 1.165) is 24.1 Å². The van der Waals surface area contributed by atoms with Crippen LogP contribution in [0, 0.1) is 19.1 Å². The van der Waals surface area contributed by atoms with Crippen LogP contribution in [0.4, 0.5) is 0 Å². The van der Waals surface area contributed by atoms with Gasteiger partial charge >= 0.3 is 0 Å². The molecule has 0 amide bonds. The van der Waals surface area contributed by atoms with Gasteiger partial charge in [-0.3, -0.25) is 0 Å². The number of pyridine rings is 1. The Labute approximate surface area is 215 Å². The molecule has 0 atom stereocenters. The zero-order valence-corrected chi connectivity index (χ0v) is 22.5. The summed E-state index contributed by atoms with van der Waals surface area (Å²) in [5.41, 5.74) is 7.74. The van der Waals surface area contributed by atoms with Gasteiger partial charge in [-0.1, -0.05) is 31.7 Å². The van der Waals surface area contributed by atoms with Crippen molar-refractivity contribution in [2.45, 2.75) is 44.7 Å². The van der Waals surface area contributed by atoms with Gasteiger partial charge in [-0.25, -0.2) is 10.1 Å². The van der Waals surface area contributed by atoms with Gasteiger partial charge in [0.2, 0.25) is 0 Å². The maximum atomic E-state index is 4.06. The number of nitrogens with one attached hydrogen (secondary N) is 1. The molecule has 2 aromatic carbocycles. The fraction of sp³-hybridized carbons (Fsp3) is 0.346. The minimum absolute atomic E-state index is 0. The molecule has 2 aliphatic heterocycles. The van der Waals surface area contributed by atoms with E-state index in [9.17, 15) is 0 Å². The summed E-state index contributed by atoms with van der Waals surface area (Å²) in [5, 5.41) is 1.67. The van der Waals surface area contributed by atoms with Gasteiger partial charge in [-0.05, 0) is 35.8 Å². The van der Waals surface area contributed by atoms with Crippen molar-refractivity contribution < 1.29 is 37.3 Å². The molecule has 0 aliphatic carbocycles. The van der Waals surface area contributed by atoms with E-state index in [1.54, 1.807) is 10.8 Å². The minimum atomic E-state index is -1.56. The van der Waals surface area contributed by atoms with Crippen molar-refractivity contribution in [3.8, 4) is 22.4 Å². The monoisotopic (exact) mass is 497 g/mol. The fourth-order valence-electron chi connectivity index (χ4n) is 5.38. The second kappa shape index (κ2) is 10.3. The SMILES string of the molecule is Cc1ccc(-c2[c-]cccc2)[c-]c1-c1c2c(cc[n+]1C)[Si]1(CCCCC1)NCC2.[B].[Y]. The quantitative estimate of drug-likeness (QED) is 0.323. The van der Waals surface area contributed by atoms with Crippen molar-refractivity contribution >= 4 is 21.8 Å². The molecule has 3 heterocycles. The van der Waals surface area contributed by atoms with Gasteiger partial charge in [-0.15, -0.1) is 17.7 Å². The van der Waals surface area contributed by atoms with E-state index < -0.39 is 8.24 Å². The van der Waals surface area contributed by atoms with Gasteiger partial charge in [0, 0.05) is 47.2 Å². The Balaban J connectivity index is 0.00000136. The Bertz CT molecular complexity index is 1050. The third-order valence-corrected chi connectivity index (χ3v) is 11.7. The van der Waals surface area contributed by atoms with E-state index in [1.165, 1.54) is 48.2 Å². The molecular weight excluding hydrogens is 468 g/mol. The van der Waals surface area contributed by atoms with Crippen LogP contribution in [0.1, 0.15) is 30.4 Å². The van der Waals surface area contributed by atoms with Crippen LogP contribution in [0.15, 0.2) is 48.7 Å². The molecule has 0 saturated carbocycles. The van der Waals surface area contributed by atoms with Gasteiger partial charge in [0.15, 0.2) is 20.1 Å². The van der Waals surface area contributed by atoms with E-state index in [-0.39, 0.29) is 41.1 Å². The van der Waals surface area contributed by atoms with Crippen molar-refractivity contribution in [3.63, 3.8) is 0 Å². The third-order valence-electron chi connectivity index (χ3n) is 6.88. The zero-order valence-electron chi connectivity index (χ0n) is 18.7. The van der Waals surface area contributed by atoms with Gasteiger partial charge in [0.25, 0.3) is 0 Å². The number of hydrogen-bond donors (Lipinski definition) is 1. The Morgan fingerprint density at radius 2 is 1.81 bits per heavy atom. The first kappa shape index (κ1) is 24.6. The van der Waals surface area contributed by atoms with Crippen LogP contribution >= 0.6 is 0 Å². The summed E-state index contributed by atoms with van der Waals surface area (Å²) in [6.07, 6.45) is 7.59. The van der Waals surface area contributed by atoms with E-state index in [1.807, 2.05) is 12.1 Å². The Kier molecular flexibility index (Phi) is 8.13. The molecule has 1 N–H and O–H groups in total. The van der Waals surface area contributed by atoms with Crippen molar-refractivity contribution in [1.29, 1.82) is 0 Å². The summed E-state index contributed by atoms with van der Waals surface area (Å²) < 4.78 is 2.33. The fourth-order valence-corrected chi connectivity index (χ4v) is 10.2. The molecule has 1 spiro atoms. The van der Waals surface area contributed by atoms with Crippen molar-refractivity contribution in [2.75, 3.05) is 6.54 Å². The molecule has 2 nitrogen and oxygen atoms in total. The van der Waals surface area contributed by atoms with Crippen molar-refractivity contribution in [1.82, 2.24) is 4.98 Å². The van der Waals surface area contributed by atoms with Crippen LogP contribution in [0.3, 0.4) is 0 Å². The van der Waals surface area contributed by atoms with E-state index in [4.69, 9.17) is 0 Å². The first-order valence-corrected chi connectivity index (χ1v) is 13.4. The second-order valence-corrected chi connectivity index (χ2v) is 12.7. The van der Waals surface area contributed by atoms with Crippen LogP contribution in [0.5, 0.6) is 0 Å². The summed E-state index contributed by atoms with van der Waals surface area (Å²) >= 11 is 0. The first-order chi connectivity index (χ1) is 14.2. The molecule has 1 saturated heterocycles. The minimum Gasteiger partial charge on any atom is -0.333 e. The zero-order chi connectivity index (χ0) is 19.8. The Morgan fingerprint density at radius 1 is 1.00 bits per heavy atom.